The van der Waals surface area contributed by atoms with E-state index in [1.165, 1.54) is 5.57 Å². The standard InChI is InChI=1S/C21H24N2O2/c24-21(22-15-18-11-13-25-14-12-18)23(16-19-7-3-1-4-8-19)17-20-9-5-2-6-10-20/h1-10,15H,11-14,16-17H2,(H,22,24). The minimum Gasteiger partial charge on any atom is -0.381 e. The van der Waals surface area contributed by atoms with Gasteiger partial charge in [0.05, 0.1) is 13.2 Å². The van der Waals surface area contributed by atoms with Crippen LogP contribution in [-0.4, -0.2) is 24.1 Å². The summed E-state index contributed by atoms with van der Waals surface area (Å²) in [6.45, 7) is 2.63. The molecule has 0 spiro atoms. The summed E-state index contributed by atoms with van der Waals surface area (Å²) in [5.41, 5.74) is 3.47. The van der Waals surface area contributed by atoms with E-state index in [1.54, 1.807) is 0 Å². The van der Waals surface area contributed by atoms with Crippen molar-refractivity contribution in [2.24, 2.45) is 0 Å². The van der Waals surface area contributed by atoms with Crippen LogP contribution >= 0.6 is 0 Å². The molecule has 4 nitrogen and oxygen atoms in total. The monoisotopic (exact) mass is 336 g/mol. The number of hydrogen-bond donors (Lipinski definition) is 1. The van der Waals surface area contributed by atoms with Gasteiger partial charge in [0, 0.05) is 19.3 Å². The van der Waals surface area contributed by atoms with Crippen molar-refractivity contribution in [3.05, 3.63) is 83.6 Å². The fourth-order valence-electron chi connectivity index (χ4n) is 2.84. The van der Waals surface area contributed by atoms with Crippen LogP contribution in [0.1, 0.15) is 24.0 Å². The summed E-state index contributed by atoms with van der Waals surface area (Å²) in [5.74, 6) is 0. The van der Waals surface area contributed by atoms with Crippen LogP contribution in [-0.2, 0) is 17.8 Å². The van der Waals surface area contributed by atoms with Crippen molar-refractivity contribution in [1.29, 1.82) is 0 Å². The molecular weight excluding hydrogens is 312 g/mol. The van der Waals surface area contributed by atoms with E-state index in [9.17, 15) is 4.79 Å². The van der Waals surface area contributed by atoms with E-state index < -0.39 is 0 Å². The van der Waals surface area contributed by atoms with Gasteiger partial charge in [-0.05, 0) is 29.5 Å². The minimum atomic E-state index is -0.0771. The number of rotatable bonds is 5. The number of nitrogens with zero attached hydrogens (tertiary/aromatic N) is 1. The zero-order chi connectivity index (χ0) is 17.3. The third-order valence-corrected chi connectivity index (χ3v) is 4.25. The van der Waals surface area contributed by atoms with Crippen LogP contribution in [0.2, 0.25) is 0 Å². The second kappa shape index (κ2) is 9.04. The summed E-state index contributed by atoms with van der Waals surface area (Å²) < 4.78 is 5.35. The molecule has 1 heterocycles. The van der Waals surface area contributed by atoms with Gasteiger partial charge >= 0.3 is 6.03 Å². The number of benzene rings is 2. The van der Waals surface area contributed by atoms with E-state index in [0.717, 1.165) is 37.2 Å². The molecule has 1 aliphatic heterocycles. The molecule has 0 aliphatic carbocycles. The van der Waals surface area contributed by atoms with Gasteiger partial charge < -0.3 is 15.0 Å². The Kier molecular flexibility index (Phi) is 6.23. The van der Waals surface area contributed by atoms with Crippen molar-refractivity contribution in [1.82, 2.24) is 10.2 Å². The maximum Gasteiger partial charge on any atom is 0.321 e. The van der Waals surface area contributed by atoms with Gasteiger partial charge in [0.2, 0.25) is 0 Å². The molecule has 1 saturated heterocycles. The summed E-state index contributed by atoms with van der Waals surface area (Å²) >= 11 is 0. The fraction of sp³-hybridized carbons (Fsp3) is 0.286. The van der Waals surface area contributed by atoms with Gasteiger partial charge in [0.25, 0.3) is 0 Å². The van der Waals surface area contributed by atoms with Crippen molar-refractivity contribution in [3.8, 4) is 0 Å². The second-order valence-electron chi connectivity index (χ2n) is 6.19. The maximum absolute atomic E-state index is 12.7. The summed E-state index contributed by atoms with van der Waals surface area (Å²) in [6.07, 6.45) is 3.63. The molecule has 2 amide bonds. The molecule has 3 rings (SSSR count). The van der Waals surface area contributed by atoms with E-state index >= 15 is 0 Å². The van der Waals surface area contributed by atoms with Crippen molar-refractivity contribution in [2.75, 3.05) is 13.2 Å². The van der Waals surface area contributed by atoms with Crippen molar-refractivity contribution >= 4 is 6.03 Å². The van der Waals surface area contributed by atoms with Crippen LogP contribution in [0.4, 0.5) is 4.79 Å². The summed E-state index contributed by atoms with van der Waals surface area (Å²) in [4.78, 5) is 14.6. The maximum atomic E-state index is 12.7. The summed E-state index contributed by atoms with van der Waals surface area (Å²) in [5, 5.41) is 2.96. The van der Waals surface area contributed by atoms with Gasteiger partial charge in [0.15, 0.2) is 0 Å². The summed E-state index contributed by atoms with van der Waals surface area (Å²) in [7, 11) is 0. The number of hydrogen-bond acceptors (Lipinski definition) is 2. The largest absolute Gasteiger partial charge is 0.381 e. The number of nitrogens with one attached hydrogen (secondary N) is 1. The molecule has 0 bridgehead atoms. The van der Waals surface area contributed by atoms with E-state index in [4.69, 9.17) is 4.74 Å². The molecule has 0 aromatic heterocycles. The van der Waals surface area contributed by atoms with Gasteiger partial charge in [-0.2, -0.15) is 0 Å². The van der Waals surface area contributed by atoms with E-state index in [2.05, 4.69) is 5.32 Å². The lowest BCUT2D eigenvalue weighted by Gasteiger charge is -2.23. The quantitative estimate of drug-likeness (QED) is 0.893. The first-order valence-electron chi connectivity index (χ1n) is 8.70. The Morgan fingerprint density at radius 1 is 0.920 bits per heavy atom. The first-order valence-corrected chi connectivity index (χ1v) is 8.70. The average Bonchev–Trinajstić information content (AvgIpc) is 2.68. The van der Waals surface area contributed by atoms with Crippen molar-refractivity contribution in [3.63, 3.8) is 0 Å². The lowest BCUT2D eigenvalue weighted by atomic mass is 10.1. The van der Waals surface area contributed by atoms with Gasteiger partial charge in [-0.1, -0.05) is 60.7 Å². The molecule has 0 radical (unpaired) electrons. The molecule has 1 aliphatic rings. The number of ether oxygens (including phenoxy) is 1. The smallest absolute Gasteiger partial charge is 0.321 e. The topological polar surface area (TPSA) is 41.6 Å². The van der Waals surface area contributed by atoms with Crippen LogP contribution in [0.15, 0.2) is 72.4 Å². The third-order valence-electron chi connectivity index (χ3n) is 4.25. The van der Waals surface area contributed by atoms with Crippen molar-refractivity contribution in [2.45, 2.75) is 25.9 Å². The van der Waals surface area contributed by atoms with Gasteiger partial charge in [-0.15, -0.1) is 0 Å². The SMILES string of the molecule is O=C(NC=C1CCOCC1)N(Cc1ccccc1)Cc1ccccc1. The number of carbonyl (C=O) groups excluding carboxylic acids is 1. The van der Waals surface area contributed by atoms with Crippen LogP contribution < -0.4 is 5.32 Å². The molecule has 0 atom stereocenters. The molecular formula is C21H24N2O2. The highest BCUT2D eigenvalue weighted by Gasteiger charge is 2.14. The van der Waals surface area contributed by atoms with E-state index in [-0.39, 0.29) is 6.03 Å². The number of amides is 2. The highest BCUT2D eigenvalue weighted by molar-refractivity contribution is 5.75. The Labute approximate surface area is 149 Å². The van der Waals surface area contributed by atoms with Crippen molar-refractivity contribution < 1.29 is 9.53 Å². The Hall–Kier alpha value is -2.59. The predicted octanol–water partition coefficient (Wildman–Crippen LogP) is 4.09. The second-order valence-corrected chi connectivity index (χ2v) is 6.19. The van der Waals surface area contributed by atoms with Crippen LogP contribution in [0.25, 0.3) is 0 Å². The fourth-order valence-corrected chi connectivity index (χ4v) is 2.84. The molecule has 2 aromatic rings. The zero-order valence-electron chi connectivity index (χ0n) is 14.4. The molecule has 0 saturated carbocycles. The molecule has 0 unspecified atom stereocenters. The van der Waals surface area contributed by atoms with Crippen LogP contribution in [0.3, 0.4) is 0 Å². The Bertz CT molecular complexity index is 649. The summed E-state index contributed by atoms with van der Waals surface area (Å²) in [6, 6.07) is 20.1. The van der Waals surface area contributed by atoms with Gasteiger partial charge in [-0.3, -0.25) is 0 Å². The van der Waals surface area contributed by atoms with Crippen LogP contribution in [0, 0.1) is 0 Å². The molecule has 1 fully saturated rings. The van der Waals surface area contributed by atoms with Gasteiger partial charge in [0.1, 0.15) is 0 Å². The molecule has 4 heteroatoms. The Morgan fingerprint density at radius 2 is 1.44 bits per heavy atom. The highest BCUT2D eigenvalue weighted by Crippen LogP contribution is 2.13. The Morgan fingerprint density at radius 3 is 1.96 bits per heavy atom. The zero-order valence-corrected chi connectivity index (χ0v) is 14.4. The number of carbonyl (C=O) groups is 1. The lowest BCUT2D eigenvalue weighted by molar-refractivity contribution is 0.118. The van der Waals surface area contributed by atoms with E-state index in [1.807, 2.05) is 71.8 Å². The molecule has 1 N–H and O–H groups in total. The Balaban J connectivity index is 1.69. The predicted molar refractivity (Wildman–Crippen MR) is 98.8 cm³/mol. The highest BCUT2D eigenvalue weighted by atomic mass is 16.5. The lowest BCUT2D eigenvalue weighted by Crippen LogP contribution is -2.37. The molecule has 2 aromatic carbocycles. The first kappa shape index (κ1) is 17.2. The normalized spacial score (nSPS) is 14.0. The van der Waals surface area contributed by atoms with Crippen LogP contribution in [0.5, 0.6) is 0 Å². The van der Waals surface area contributed by atoms with Gasteiger partial charge in [-0.25, -0.2) is 4.79 Å². The minimum absolute atomic E-state index is 0.0771. The average molecular weight is 336 g/mol. The van der Waals surface area contributed by atoms with E-state index in [0.29, 0.717) is 13.1 Å². The molecule has 25 heavy (non-hydrogen) atoms. The molecule has 130 valence electrons. The first-order chi connectivity index (χ1) is 12.3. The number of urea groups is 1. The third kappa shape index (κ3) is 5.47.